The molecular formula is C11H19N3O. The zero-order chi connectivity index (χ0) is 11.3. The Morgan fingerprint density at radius 1 is 1.60 bits per heavy atom. The molecule has 0 saturated heterocycles. The Bertz CT molecular complexity index is 319. The second-order valence-corrected chi connectivity index (χ2v) is 3.59. The summed E-state index contributed by atoms with van der Waals surface area (Å²) < 4.78 is 1.86. The maximum atomic E-state index is 11.3. The van der Waals surface area contributed by atoms with Gasteiger partial charge in [-0.05, 0) is 25.0 Å². The Hall–Kier alpha value is -1.29. The number of nitrogens with zero attached hydrogens (tertiary/aromatic N) is 1. The highest BCUT2D eigenvalue weighted by atomic mass is 16.1. The van der Waals surface area contributed by atoms with Gasteiger partial charge < -0.3 is 15.6 Å². The van der Waals surface area contributed by atoms with Crippen LogP contribution in [0, 0.1) is 0 Å². The molecule has 3 N–H and O–H groups in total. The van der Waals surface area contributed by atoms with Crippen LogP contribution in [0.25, 0.3) is 0 Å². The van der Waals surface area contributed by atoms with Crippen LogP contribution in [0.1, 0.15) is 31.9 Å². The van der Waals surface area contributed by atoms with Crippen LogP contribution in [-0.2, 0) is 11.3 Å². The van der Waals surface area contributed by atoms with Gasteiger partial charge >= 0.3 is 0 Å². The van der Waals surface area contributed by atoms with Crippen molar-refractivity contribution in [3.63, 3.8) is 0 Å². The van der Waals surface area contributed by atoms with Crippen LogP contribution in [0.3, 0.4) is 0 Å². The Kier molecular flexibility index (Phi) is 4.37. The number of carbonyl (C=O) groups is 1. The molecule has 1 heterocycles. The lowest BCUT2D eigenvalue weighted by Gasteiger charge is -2.05. The molecule has 0 fully saturated rings. The zero-order valence-corrected chi connectivity index (χ0v) is 9.36. The second kappa shape index (κ2) is 5.56. The first kappa shape index (κ1) is 11.8. The average molecular weight is 209 g/mol. The molecule has 0 aliphatic rings. The number of hydrogen-bond donors (Lipinski definition) is 2. The second-order valence-electron chi connectivity index (χ2n) is 3.59. The lowest BCUT2D eigenvalue weighted by atomic mass is 10.1. The molecule has 1 amide bonds. The lowest BCUT2D eigenvalue weighted by Crippen LogP contribution is -2.26. The van der Waals surface area contributed by atoms with Crippen LogP contribution in [0.2, 0.25) is 0 Å². The van der Waals surface area contributed by atoms with Crippen molar-refractivity contribution in [1.29, 1.82) is 0 Å². The fourth-order valence-corrected chi connectivity index (χ4v) is 1.43. The normalized spacial score (nSPS) is 12.5. The first-order valence-electron chi connectivity index (χ1n) is 5.35. The highest BCUT2D eigenvalue weighted by Crippen LogP contribution is 2.13. The van der Waals surface area contributed by atoms with Crippen molar-refractivity contribution in [3.8, 4) is 0 Å². The minimum absolute atomic E-state index is 0.0321. The van der Waals surface area contributed by atoms with E-state index < -0.39 is 0 Å². The Morgan fingerprint density at radius 2 is 2.33 bits per heavy atom. The van der Waals surface area contributed by atoms with E-state index in [9.17, 15) is 4.79 Å². The number of nitrogens with one attached hydrogen (secondary N) is 1. The van der Waals surface area contributed by atoms with Gasteiger partial charge in [-0.3, -0.25) is 4.79 Å². The summed E-state index contributed by atoms with van der Waals surface area (Å²) in [6, 6.07) is 2.04. The molecule has 1 unspecified atom stereocenters. The van der Waals surface area contributed by atoms with Crippen LogP contribution < -0.4 is 11.1 Å². The third-order valence-electron chi connectivity index (χ3n) is 2.34. The Labute approximate surface area is 90.5 Å². The van der Waals surface area contributed by atoms with E-state index in [0.29, 0.717) is 13.1 Å². The molecule has 0 saturated carbocycles. The zero-order valence-electron chi connectivity index (χ0n) is 9.36. The van der Waals surface area contributed by atoms with E-state index in [0.717, 1.165) is 12.0 Å². The highest BCUT2D eigenvalue weighted by Gasteiger charge is 2.06. The van der Waals surface area contributed by atoms with Crippen LogP contribution in [0.5, 0.6) is 0 Å². The quantitative estimate of drug-likeness (QED) is 0.761. The summed E-state index contributed by atoms with van der Waals surface area (Å²) in [6.07, 6.45) is 4.73. The predicted molar refractivity (Wildman–Crippen MR) is 60.3 cm³/mol. The molecule has 1 atom stereocenters. The number of rotatable bonds is 5. The van der Waals surface area contributed by atoms with Gasteiger partial charge in [-0.1, -0.05) is 6.92 Å². The number of aromatic nitrogens is 1. The van der Waals surface area contributed by atoms with Crippen LogP contribution in [0.4, 0.5) is 0 Å². The summed E-state index contributed by atoms with van der Waals surface area (Å²) in [7, 11) is 0. The number of nitrogens with two attached hydrogens (primary N) is 1. The Balaban J connectivity index is 2.56. The van der Waals surface area contributed by atoms with Crippen molar-refractivity contribution >= 4 is 5.91 Å². The molecular weight excluding hydrogens is 190 g/mol. The minimum Gasteiger partial charge on any atom is -0.355 e. The number of hydrogen-bond acceptors (Lipinski definition) is 2. The van der Waals surface area contributed by atoms with Gasteiger partial charge in [-0.15, -0.1) is 0 Å². The molecule has 1 aromatic rings. The molecule has 0 aliphatic carbocycles. The van der Waals surface area contributed by atoms with Crippen molar-refractivity contribution < 1.29 is 4.79 Å². The molecule has 4 heteroatoms. The minimum atomic E-state index is 0.0321. The number of amides is 1. The van der Waals surface area contributed by atoms with Gasteiger partial charge in [0.05, 0.1) is 0 Å². The van der Waals surface area contributed by atoms with Crippen molar-refractivity contribution in [1.82, 2.24) is 9.88 Å². The first-order chi connectivity index (χ1) is 7.17. The summed E-state index contributed by atoms with van der Waals surface area (Å²) in [5.41, 5.74) is 6.97. The molecule has 1 aromatic heterocycles. The largest absolute Gasteiger partial charge is 0.355 e. The van der Waals surface area contributed by atoms with Crippen molar-refractivity contribution in [3.05, 3.63) is 24.0 Å². The molecule has 0 bridgehead atoms. The summed E-state index contributed by atoms with van der Waals surface area (Å²) in [5, 5.41) is 2.76. The van der Waals surface area contributed by atoms with Gasteiger partial charge in [0.2, 0.25) is 5.91 Å². The van der Waals surface area contributed by atoms with Crippen molar-refractivity contribution in [2.24, 2.45) is 5.73 Å². The van der Waals surface area contributed by atoms with Crippen molar-refractivity contribution in [2.45, 2.75) is 32.9 Å². The van der Waals surface area contributed by atoms with Gasteiger partial charge in [0.15, 0.2) is 0 Å². The summed E-state index contributed by atoms with van der Waals surface area (Å²) in [4.78, 5) is 11.3. The fourth-order valence-electron chi connectivity index (χ4n) is 1.43. The number of carbonyl (C=O) groups excluding carboxylic acids is 1. The average Bonchev–Trinajstić information content (AvgIpc) is 2.65. The van der Waals surface area contributed by atoms with Crippen LogP contribution in [-0.4, -0.2) is 17.0 Å². The van der Waals surface area contributed by atoms with Crippen LogP contribution >= 0.6 is 0 Å². The van der Waals surface area contributed by atoms with Crippen LogP contribution in [0.15, 0.2) is 18.5 Å². The fraction of sp³-hybridized carbons (Fsp3) is 0.545. The van der Waals surface area contributed by atoms with Crippen molar-refractivity contribution in [2.75, 3.05) is 6.54 Å². The Morgan fingerprint density at radius 3 is 2.93 bits per heavy atom. The van der Waals surface area contributed by atoms with E-state index in [1.54, 1.807) is 0 Å². The van der Waals surface area contributed by atoms with E-state index in [-0.39, 0.29) is 11.9 Å². The predicted octanol–water partition coefficient (Wildman–Crippen LogP) is 1.03. The molecule has 0 spiro atoms. The van der Waals surface area contributed by atoms with E-state index in [1.165, 1.54) is 0 Å². The third kappa shape index (κ3) is 3.40. The van der Waals surface area contributed by atoms with Gasteiger partial charge in [0, 0.05) is 25.0 Å². The first-order valence-corrected chi connectivity index (χ1v) is 5.35. The van der Waals surface area contributed by atoms with E-state index >= 15 is 0 Å². The lowest BCUT2D eigenvalue weighted by molar-refractivity contribution is -0.121. The van der Waals surface area contributed by atoms with E-state index in [4.69, 9.17) is 5.73 Å². The SMILES string of the molecule is CCNC(=O)Cn1ccc(C(N)CC)c1. The smallest absolute Gasteiger partial charge is 0.239 e. The van der Waals surface area contributed by atoms with Gasteiger partial charge in [-0.25, -0.2) is 0 Å². The standard InChI is InChI=1S/C11H19N3O/c1-3-10(12)9-5-6-14(7-9)8-11(15)13-4-2/h5-7,10H,3-4,8,12H2,1-2H3,(H,13,15). The molecule has 0 aliphatic heterocycles. The molecule has 84 valence electrons. The monoisotopic (exact) mass is 209 g/mol. The molecule has 1 rings (SSSR count). The van der Waals surface area contributed by atoms with Gasteiger partial charge in [-0.2, -0.15) is 0 Å². The summed E-state index contributed by atoms with van der Waals surface area (Å²) >= 11 is 0. The molecule has 0 aromatic carbocycles. The molecule has 15 heavy (non-hydrogen) atoms. The number of likely N-dealkylation sites (N-methyl/N-ethyl adjacent to an activating group) is 1. The van der Waals surface area contributed by atoms with Gasteiger partial charge in [0.1, 0.15) is 6.54 Å². The summed E-state index contributed by atoms with van der Waals surface area (Å²) in [5.74, 6) is 0.0321. The summed E-state index contributed by atoms with van der Waals surface area (Å²) in [6.45, 7) is 4.99. The van der Waals surface area contributed by atoms with E-state index in [2.05, 4.69) is 5.32 Å². The molecule has 0 radical (unpaired) electrons. The third-order valence-corrected chi connectivity index (χ3v) is 2.34. The maximum absolute atomic E-state index is 11.3. The molecule has 4 nitrogen and oxygen atoms in total. The van der Waals surface area contributed by atoms with E-state index in [1.807, 2.05) is 36.9 Å². The maximum Gasteiger partial charge on any atom is 0.239 e. The topological polar surface area (TPSA) is 60.0 Å². The van der Waals surface area contributed by atoms with Gasteiger partial charge in [0.25, 0.3) is 0 Å². The highest BCUT2D eigenvalue weighted by molar-refractivity contribution is 5.75.